The summed E-state index contributed by atoms with van der Waals surface area (Å²) in [7, 11) is 6.51. The molecule has 2 N–H and O–H groups in total. The molecule has 0 bridgehead atoms. The molecule has 31 heavy (non-hydrogen) atoms. The molecule has 0 spiro atoms. The molecule has 2 aromatic carbocycles. The summed E-state index contributed by atoms with van der Waals surface area (Å²) in [6.07, 6.45) is 7.61. The number of halogens is 1. The number of anilines is 1. The van der Waals surface area contributed by atoms with Crippen molar-refractivity contribution >= 4 is 47.8 Å². The molecule has 3 aromatic rings. The molecule has 3 unspecified atom stereocenters. The lowest BCUT2D eigenvalue weighted by Gasteiger charge is -2.29. The number of hydrogen-bond donors (Lipinski definition) is 2. The fourth-order valence-electron chi connectivity index (χ4n) is 4.31. The average molecular weight is 519 g/mol. The Morgan fingerprint density at radius 1 is 0.968 bits per heavy atom. The molecule has 2 aliphatic rings. The average Bonchev–Trinajstić information content (AvgIpc) is 3.27. The van der Waals surface area contributed by atoms with Crippen molar-refractivity contribution in [1.82, 2.24) is 10.2 Å². The third kappa shape index (κ3) is 4.61. The van der Waals surface area contributed by atoms with Gasteiger partial charge < -0.3 is 5.32 Å². The van der Waals surface area contributed by atoms with Crippen LogP contribution in [0.15, 0.2) is 77.0 Å². The van der Waals surface area contributed by atoms with Crippen molar-refractivity contribution in [3.05, 3.63) is 72.6 Å². The van der Waals surface area contributed by atoms with Gasteiger partial charge in [0.15, 0.2) is 5.84 Å². The van der Waals surface area contributed by atoms with Crippen molar-refractivity contribution in [2.75, 3.05) is 5.32 Å². The fraction of sp³-hybridized carbons (Fsp3) is 0.292. The van der Waals surface area contributed by atoms with Crippen LogP contribution in [0.4, 0.5) is 5.69 Å². The lowest BCUT2D eigenvalue weighted by molar-refractivity contribution is 0.497. The number of alkyl halides is 1. The van der Waals surface area contributed by atoms with Gasteiger partial charge in [-0.25, -0.2) is 4.99 Å². The van der Waals surface area contributed by atoms with E-state index in [2.05, 4.69) is 74.5 Å². The van der Waals surface area contributed by atoms with Crippen LogP contribution in [-0.2, 0) is 0 Å². The summed E-state index contributed by atoms with van der Waals surface area (Å²) in [5, 5.41) is 10.5. The van der Waals surface area contributed by atoms with Crippen LogP contribution in [0.1, 0.15) is 31.2 Å². The van der Waals surface area contributed by atoms with Gasteiger partial charge >= 0.3 is 0 Å². The lowest BCUT2D eigenvalue weighted by Crippen LogP contribution is -2.36. The van der Waals surface area contributed by atoms with E-state index in [4.69, 9.17) is 17.8 Å². The predicted molar refractivity (Wildman–Crippen MR) is 136 cm³/mol. The Morgan fingerprint density at radius 2 is 1.74 bits per heavy atom. The number of aromatic amines is 1. The van der Waals surface area contributed by atoms with Crippen molar-refractivity contribution in [3.8, 4) is 11.1 Å². The van der Waals surface area contributed by atoms with Crippen molar-refractivity contribution in [2.24, 2.45) is 15.9 Å². The van der Waals surface area contributed by atoms with Gasteiger partial charge in [0, 0.05) is 28.9 Å². The van der Waals surface area contributed by atoms with Gasteiger partial charge in [-0.2, -0.15) is 5.10 Å². The van der Waals surface area contributed by atoms with Gasteiger partial charge in [-0.3, -0.25) is 10.1 Å². The second kappa shape index (κ2) is 8.61. The van der Waals surface area contributed by atoms with Crippen molar-refractivity contribution < 1.29 is 0 Å². The van der Waals surface area contributed by atoms with Crippen LogP contribution in [0.3, 0.4) is 0 Å². The van der Waals surface area contributed by atoms with E-state index in [-0.39, 0.29) is 15.3 Å². The molecule has 2 radical (unpaired) electrons. The number of benzene rings is 2. The zero-order valence-corrected chi connectivity index (χ0v) is 19.3. The molecule has 7 heteroatoms. The van der Waals surface area contributed by atoms with Crippen LogP contribution in [0.25, 0.3) is 11.1 Å². The van der Waals surface area contributed by atoms with Gasteiger partial charge in [-0.05, 0) is 46.7 Å². The molecular formula is C24H23BIN5. The van der Waals surface area contributed by atoms with E-state index in [1.165, 1.54) is 0 Å². The molecule has 0 saturated heterocycles. The van der Waals surface area contributed by atoms with Crippen molar-refractivity contribution in [3.63, 3.8) is 0 Å². The van der Waals surface area contributed by atoms with E-state index in [1.807, 2.05) is 30.6 Å². The minimum Gasteiger partial charge on any atom is -0.343 e. The number of aromatic nitrogens is 2. The smallest absolute Gasteiger partial charge is 0.156 e. The molecule has 5 nitrogen and oxygen atoms in total. The highest BCUT2D eigenvalue weighted by Crippen LogP contribution is 2.38. The Balaban J connectivity index is 1.45. The molecule has 1 fully saturated rings. The normalized spacial score (nSPS) is 25.7. The standard InChI is InChI=1S/C24H23BIN5/c25-24(26)12-10-20-21(11-13-24)30-22(17-4-2-1-3-5-17)31-23(20)29-19-8-6-16(7-9-19)18-14-27-28-15-18/h1-9,14-15,20-21H,10-13H2,(H,27,28)(H,29,30,31). The number of H-pyrrole nitrogens is 1. The predicted octanol–water partition coefficient (Wildman–Crippen LogP) is 5.21. The SMILES string of the molecule is [B]C1(I)CCC2N=C(c3ccccc3)N=C(Nc3ccc(-c4cn[nH]c4)cc3)C2CC1. The number of nitrogens with zero attached hydrogens (tertiary/aromatic N) is 3. The maximum Gasteiger partial charge on any atom is 0.156 e. The third-order valence-corrected chi connectivity index (χ3v) is 7.16. The number of aliphatic imine (C=N–C) groups is 2. The van der Waals surface area contributed by atoms with Gasteiger partial charge in [0.25, 0.3) is 0 Å². The van der Waals surface area contributed by atoms with Crippen LogP contribution in [0.5, 0.6) is 0 Å². The summed E-state index contributed by atoms with van der Waals surface area (Å²) in [6, 6.07) is 18.8. The molecule has 1 aliphatic heterocycles. The number of amidine groups is 2. The molecule has 2 heterocycles. The largest absolute Gasteiger partial charge is 0.343 e. The molecule has 1 aliphatic carbocycles. The summed E-state index contributed by atoms with van der Waals surface area (Å²) >= 11 is 2.41. The summed E-state index contributed by atoms with van der Waals surface area (Å²) in [6.45, 7) is 0. The van der Waals surface area contributed by atoms with E-state index in [0.29, 0.717) is 0 Å². The molecule has 154 valence electrons. The van der Waals surface area contributed by atoms with Crippen LogP contribution in [-0.4, -0.2) is 39.1 Å². The molecule has 0 amide bonds. The minimum absolute atomic E-state index is 0.172. The Kier molecular flexibility index (Phi) is 5.69. The number of rotatable bonds is 3. The van der Waals surface area contributed by atoms with Gasteiger partial charge in [-0.15, -0.1) is 0 Å². The Hall–Kier alpha value is -2.42. The highest BCUT2D eigenvalue weighted by atomic mass is 127. The summed E-state index contributed by atoms with van der Waals surface area (Å²) < 4.78 is -0.172. The minimum atomic E-state index is -0.172. The third-order valence-electron chi connectivity index (χ3n) is 6.08. The number of hydrogen-bond acceptors (Lipinski definition) is 4. The first-order valence-corrected chi connectivity index (χ1v) is 11.7. The molecule has 5 rings (SSSR count). The van der Waals surface area contributed by atoms with Crippen molar-refractivity contribution in [1.29, 1.82) is 0 Å². The lowest BCUT2D eigenvalue weighted by atomic mass is 9.81. The molecular weight excluding hydrogens is 496 g/mol. The first kappa shape index (κ1) is 20.5. The fourth-order valence-corrected chi connectivity index (χ4v) is 4.93. The highest BCUT2D eigenvalue weighted by molar-refractivity contribution is 14.1. The zero-order valence-electron chi connectivity index (χ0n) is 17.1. The second-order valence-corrected chi connectivity index (χ2v) is 10.4. The summed E-state index contributed by atoms with van der Waals surface area (Å²) in [5.74, 6) is 2.04. The quantitative estimate of drug-likeness (QED) is 0.284. The first-order valence-electron chi connectivity index (χ1n) is 10.6. The van der Waals surface area contributed by atoms with E-state index in [0.717, 1.165) is 59.7 Å². The maximum atomic E-state index is 6.51. The Labute approximate surface area is 197 Å². The van der Waals surface area contributed by atoms with E-state index < -0.39 is 0 Å². The summed E-state index contributed by atoms with van der Waals surface area (Å²) in [5.41, 5.74) is 4.27. The first-order chi connectivity index (χ1) is 15.1. The van der Waals surface area contributed by atoms with Crippen molar-refractivity contribution in [2.45, 2.75) is 35.0 Å². The maximum absolute atomic E-state index is 6.51. The van der Waals surface area contributed by atoms with E-state index in [1.54, 1.807) is 0 Å². The van der Waals surface area contributed by atoms with Crippen LogP contribution in [0, 0.1) is 5.92 Å². The van der Waals surface area contributed by atoms with Crippen LogP contribution >= 0.6 is 22.6 Å². The van der Waals surface area contributed by atoms with Gasteiger partial charge in [0.1, 0.15) is 5.84 Å². The van der Waals surface area contributed by atoms with Gasteiger partial charge in [0.05, 0.1) is 20.1 Å². The Morgan fingerprint density at radius 3 is 2.48 bits per heavy atom. The monoisotopic (exact) mass is 519 g/mol. The van der Waals surface area contributed by atoms with Crippen LogP contribution in [0.2, 0.25) is 0 Å². The highest BCUT2D eigenvalue weighted by Gasteiger charge is 2.37. The van der Waals surface area contributed by atoms with E-state index >= 15 is 0 Å². The summed E-state index contributed by atoms with van der Waals surface area (Å²) in [4.78, 5) is 10.0. The topological polar surface area (TPSA) is 65.4 Å². The number of nitrogens with one attached hydrogen (secondary N) is 2. The number of fused-ring (bicyclic) bond motifs is 1. The Bertz CT molecular complexity index is 1090. The molecule has 3 atom stereocenters. The van der Waals surface area contributed by atoms with Crippen LogP contribution < -0.4 is 5.32 Å². The van der Waals surface area contributed by atoms with Gasteiger partial charge in [-0.1, -0.05) is 65.1 Å². The van der Waals surface area contributed by atoms with E-state index in [9.17, 15) is 0 Å². The van der Waals surface area contributed by atoms with Gasteiger partial charge in [0.2, 0.25) is 0 Å². The molecule has 1 aromatic heterocycles. The molecule has 1 saturated carbocycles. The second-order valence-electron chi connectivity index (χ2n) is 8.29. The zero-order chi connectivity index (χ0) is 21.3.